The second kappa shape index (κ2) is 9.23. The van der Waals surface area contributed by atoms with E-state index in [1.165, 1.54) is 16.3 Å². The third-order valence-electron chi connectivity index (χ3n) is 4.84. The van der Waals surface area contributed by atoms with Crippen LogP contribution in [0.2, 0.25) is 0 Å². The second-order valence-corrected chi connectivity index (χ2v) is 8.24. The van der Waals surface area contributed by atoms with Crippen molar-refractivity contribution < 1.29 is 9.53 Å². The minimum Gasteiger partial charge on any atom is -0.497 e. The van der Waals surface area contributed by atoms with Crippen LogP contribution < -0.4 is 15.6 Å². The zero-order valence-electron chi connectivity index (χ0n) is 17.9. The van der Waals surface area contributed by atoms with Crippen molar-refractivity contribution in [1.82, 2.24) is 24.8 Å². The fourth-order valence-corrected chi connectivity index (χ4v) is 3.87. The summed E-state index contributed by atoms with van der Waals surface area (Å²) in [4.78, 5) is 27.5. The second-order valence-electron chi connectivity index (χ2n) is 7.30. The van der Waals surface area contributed by atoms with Crippen LogP contribution in [-0.2, 0) is 11.2 Å². The van der Waals surface area contributed by atoms with Crippen LogP contribution in [0.1, 0.15) is 22.4 Å². The summed E-state index contributed by atoms with van der Waals surface area (Å²) in [5, 5.41) is 15.8. The number of aromatic nitrogens is 5. The molecule has 0 bridgehead atoms. The highest BCUT2D eigenvalue weighted by molar-refractivity contribution is 7.99. The summed E-state index contributed by atoms with van der Waals surface area (Å²) in [6, 6.07) is 13.3. The molecule has 0 atom stereocenters. The summed E-state index contributed by atoms with van der Waals surface area (Å²) in [7, 11) is 1.60. The average Bonchev–Trinajstić information content (AvgIpc) is 3.16. The molecule has 0 saturated heterocycles. The highest BCUT2D eigenvalue weighted by atomic mass is 32.2. The molecule has 2 heterocycles. The van der Waals surface area contributed by atoms with Crippen LogP contribution in [0.15, 0.2) is 52.4 Å². The summed E-state index contributed by atoms with van der Waals surface area (Å²) in [6.07, 6.45) is 0.338. The van der Waals surface area contributed by atoms with Crippen LogP contribution in [0.4, 0.5) is 5.69 Å². The van der Waals surface area contributed by atoms with Crippen LogP contribution in [0.5, 0.6) is 5.75 Å². The van der Waals surface area contributed by atoms with E-state index in [0.29, 0.717) is 17.3 Å². The van der Waals surface area contributed by atoms with E-state index in [0.717, 1.165) is 28.1 Å². The molecule has 2 aromatic heterocycles. The molecule has 0 saturated carbocycles. The first kappa shape index (κ1) is 21.6. The summed E-state index contributed by atoms with van der Waals surface area (Å²) in [5.41, 5.74) is 3.82. The van der Waals surface area contributed by atoms with Crippen molar-refractivity contribution in [1.29, 1.82) is 0 Å². The number of methoxy groups -OCH3 is 1. The lowest BCUT2D eigenvalue weighted by Gasteiger charge is -2.08. The molecular formula is C22H22N6O3S. The van der Waals surface area contributed by atoms with Gasteiger partial charge in [0.2, 0.25) is 11.1 Å². The molecule has 0 radical (unpaired) electrons. The first-order valence-electron chi connectivity index (χ1n) is 9.90. The number of aryl methyl sites for hydroxylation is 2. The lowest BCUT2D eigenvalue weighted by Crippen LogP contribution is -2.19. The number of anilines is 1. The Labute approximate surface area is 188 Å². The summed E-state index contributed by atoms with van der Waals surface area (Å²) in [6.45, 7) is 3.96. The molecular weight excluding hydrogens is 428 g/mol. The number of ether oxygens (including phenoxy) is 1. The van der Waals surface area contributed by atoms with Gasteiger partial charge in [0.15, 0.2) is 0 Å². The quantitative estimate of drug-likeness (QED) is 0.416. The number of hydrogen-bond donors (Lipinski definition) is 2. The molecule has 0 unspecified atom stereocenters. The maximum atomic E-state index is 12.4. The molecule has 0 spiro atoms. The van der Waals surface area contributed by atoms with Crippen LogP contribution in [-0.4, -0.2) is 43.6 Å². The Morgan fingerprint density at radius 1 is 1.16 bits per heavy atom. The fourth-order valence-electron chi connectivity index (χ4n) is 3.19. The predicted molar refractivity (Wildman–Crippen MR) is 122 cm³/mol. The molecule has 4 rings (SSSR count). The van der Waals surface area contributed by atoms with Gasteiger partial charge in [0.1, 0.15) is 11.4 Å². The lowest BCUT2D eigenvalue weighted by atomic mass is 10.1. The first-order valence-corrected chi connectivity index (χ1v) is 10.9. The number of fused-ring (bicyclic) bond motifs is 1. The largest absolute Gasteiger partial charge is 0.497 e. The number of nitrogens with one attached hydrogen (secondary N) is 2. The minimum absolute atomic E-state index is 0.128. The molecule has 4 aromatic rings. The summed E-state index contributed by atoms with van der Waals surface area (Å²) >= 11 is 1.19. The number of benzene rings is 2. The van der Waals surface area contributed by atoms with Gasteiger partial charge in [-0.3, -0.25) is 14.6 Å². The maximum Gasteiger partial charge on any atom is 0.274 e. The molecule has 0 fully saturated rings. The molecule has 2 N–H and O–H groups in total. The predicted octanol–water partition coefficient (Wildman–Crippen LogP) is 2.76. The number of thioether (sulfide) groups is 1. The Balaban J connectivity index is 1.48. The molecule has 0 aliphatic carbocycles. The molecule has 9 nitrogen and oxygen atoms in total. The number of carbonyl (C=O) groups is 1. The van der Waals surface area contributed by atoms with Crippen LogP contribution in [0.25, 0.3) is 5.78 Å². The minimum atomic E-state index is -0.329. The van der Waals surface area contributed by atoms with Gasteiger partial charge in [0.25, 0.3) is 11.3 Å². The number of H-pyrrole nitrogens is 1. The topological polar surface area (TPSA) is 114 Å². The van der Waals surface area contributed by atoms with Gasteiger partial charge >= 0.3 is 0 Å². The third-order valence-corrected chi connectivity index (χ3v) is 5.76. The molecule has 0 aliphatic rings. The van der Waals surface area contributed by atoms with E-state index in [-0.39, 0.29) is 23.0 Å². The Kier molecular flexibility index (Phi) is 6.22. The highest BCUT2D eigenvalue weighted by Crippen LogP contribution is 2.19. The van der Waals surface area contributed by atoms with Crippen LogP contribution in [0.3, 0.4) is 0 Å². The number of nitrogens with zero attached hydrogens (tertiary/aromatic N) is 4. The molecule has 2 aromatic carbocycles. The van der Waals surface area contributed by atoms with Gasteiger partial charge in [0.05, 0.1) is 12.9 Å². The van der Waals surface area contributed by atoms with Gasteiger partial charge < -0.3 is 10.1 Å². The van der Waals surface area contributed by atoms with Gasteiger partial charge in [0, 0.05) is 12.1 Å². The van der Waals surface area contributed by atoms with Crippen molar-refractivity contribution in [2.45, 2.75) is 25.4 Å². The van der Waals surface area contributed by atoms with Crippen LogP contribution in [0, 0.1) is 13.8 Å². The standard InChI is InChI=1S/C22H22N6O3S/c1-13-4-9-17(14(2)10-13)23-19(29)12-32-22-26-25-21-24-20(30)18(27-28(21)22)11-15-5-7-16(31-3)8-6-15/h4-10H,11-12H2,1-3H3,(H,23,29)(H,24,25,30). The number of carbonyl (C=O) groups excluding carboxylic acids is 1. The summed E-state index contributed by atoms with van der Waals surface area (Å²) < 4.78 is 6.62. The molecule has 32 heavy (non-hydrogen) atoms. The van der Waals surface area contributed by atoms with Crippen molar-refractivity contribution in [3.63, 3.8) is 0 Å². The van der Waals surface area contributed by atoms with Gasteiger partial charge in [-0.1, -0.05) is 41.6 Å². The Hall–Kier alpha value is -3.66. The Bertz CT molecular complexity index is 1330. The number of hydrogen-bond acceptors (Lipinski definition) is 7. The van der Waals surface area contributed by atoms with E-state index in [1.54, 1.807) is 7.11 Å². The number of rotatable bonds is 7. The van der Waals surface area contributed by atoms with Crippen molar-refractivity contribution >= 4 is 29.1 Å². The maximum absolute atomic E-state index is 12.4. The van der Waals surface area contributed by atoms with Crippen molar-refractivity contribution in [3.05, 3.63) is 75.2 Å². The molecule has 164 valence electrons. The van der Waals surface area contributed by atoms with Gasteiger partial charge in [-0.2, -0.15) is 9.61 Å². The molecule has 1 amide bonds. The lowest BCUT2D eigenvalue weighted by molar-refractivity contribution is -0.113. The van der Waals surface area contributed by atoms with Gasteiger partial charge in [-0.05, 0) is 43.2 Å². The summed E-state index contributed by atoms with van der Waals surface area (Å²) in [5.74, 6) is 0.929. The van der Waals surface area contributed by atoms with Crippen molar-refractivity contribution in [2.24, 2.45) is 0 Å². The van der Waals surface area contributed by atoms with Gasteiger partial charge in [-0.15, -0.1) is 10.2 Å². The zero-order valence-corrected chi connectivity index (χ0v) is 18.7. The first-order chi connectivity index (χ1) is 15.4. The molecule has 0 aliphatic heterocycles. The van der Waals surface area contributed by atoms with E-state index >= 15 is 0 Å². The Morgan fingerprint density at radius 3 is 2.66 bits per heavy atom. The van der Waals surface area contributed by atoms with E-state index in [9.17, 15) is 9.59 Å². The van der Waals surface area contributed by atoms with Gasteiger partial charge in [-0.25, -0.2) is 0 Å². The number of aromatic amines is 1. The van der Waals surface area contributed by atoms with Crippen molar-refractivity contribution in [3.8, 4) is 5.75 Å². The zero-order chi connectivity index (χ0) is 22.7. The fraction of sp³-hybridized carbons (Fsp3) is 0.227. The number of amides is 1. The van der Waals surface area contributed by atoms with Crippen LogP contribution >= 0.6 is 11.8 Å². The normalized spacial score (nSPS) is 11.0. The van der Waals surface area contributed by atoms with E-state index in [1.807, 2.05) is 56.3 Å². The smallest absolute Gasteiger partial charge is 0.274 e. The monoisotopic (exact) mass is 450 g/mol. The molecule has 10 heteroatoms. The highest BCUT2D eigenvalue weighted by Gasteiger charge is 2.14. The van der Waals surface area contributed by atoms with E-state index in [4.69, 9.17) is 4.74 Å². The van der Waals surface area contributed by atoms with E-state index in [2.05, 4.69) is 25.6 Å². The third kappa shape index (κ3) is 4.80. The van der Waals surface area contributed by atoms with E-state index < -0.39 is 0 Å². The SMILES string of the molecule is COc1ccc(Cc2nn3c(SCC(=O)Nc4ccc(C)cc4C)nnc3[nH]c2=O)cc1. The average molecular weight is 451 g/mol. The Morgan fingerprint density at radius 2 is 1.94 bits per heavy atom. The van der Waals surface area contributed by atoms with Crippen molar-refractivity contribution in [2.75, 3.05) is 18.2 Å².